The number of nitrogen functional groups attached to an aromatic ring is 1. The van der Waals surface area contributed by atoms with Crippen LogP contribution in [0.5, 0.6) is 0 Å². The third kappa shape index (κ3) is 1.24. The van der Waals surface area contributed by atoms with Crippen molar-refractivity contribution in [1.82, 2.24) is 0 Å². The number of amides is 1. The van der Waals surface area contributed by atoms with E-state index >= 15 is 0 Å². The lowest BCUT2D eigenvalue weighted by molar-refractivity contribution is 0.100. The van der Waals surface area contributed by atoms with Crippen LogP contribution in [0.1, 0.15) is 15.2 Å². The molecule has 0 aliphatic carbocycles. The summed E-state index contributed by atoms with van der Waals surface area (Å²) in [6.45, 7) is 1.99. The molecule has 0 atom stereocenters. The second-order valence-electron chi connectivity index (χ2n) is 3.21. The maximum atomic E-state index is 11.0. The Morgan fingerprint density at radius 3 is 2.79 bits per heavy atom. The fourth-order valence-electron chi connectivity index (χ4n) is 1.41. The van der Waals surface area contributed by atoms with E-state index in [1.165, 1.54) is 11.3 Å². The maximum absolute atomic E-state index is 11.0. The van der Waals surface area contributed by atoms with Crippen LogP contribution in [-0.4, -0.2) is 5.91 Å². The molecule has 1 aromatic heterocycles. The number of carbonyl (C=O) groups is 1. The number of aryl methyl sites for hydroxylation is 1. The molecular weight excluding hydrogens is 196 g/mol. The summed E-state index contributed by atoms with van der Waals surface area (Å²) < 4.78 is 1.00. The molecule has 0 aliphatic rings. The summed E-state index contributed by atoms with van der Waals surface area (Å²) in [4.78, 5) is 11.5. The molecular formula is C10H10N2OS. The molecule has 1 aromatic carbocycles. The molecule has 4 N–H and O–H groups in total. The van der Waals surface area contributed by atoms with Crippen molar-refractivity contribution in [3.8, 4) is 0 Å². The second kappa shape index (κ2) is 2.99. The van der Waals surface area contributed by atoms with Crippen LogP contribution in [-0.2, 0) is 0 Å². The first-order valence-corrected chi connectivity index (χ1v) is 4.99. The highest BCUT2D eigenvalue weighted by Crippen LogP contribution is 2.33. The molecule has 0 unspecified atom stereocenters. The SMILES string of the molecule is Cc1ccc2sc(C(N)=O)c(N)c2c1. The summed E-state index contributed by atoms with van der Waals surface area (Å²) in [6, 6.07) is 5.91. The standard InChI is InChI=1S/C10H10N2OS/c1-5-2-3-7-6(4-5)8(11)9(14-7)10(12)13/h2-4H,11H2,1H3,(H2,12,13). The van der Waals surface area contributed by atoms with Crippen molar-refractivity contribution >= 4 is 33.0 Å². The molecule has 0 fully saturated rings. The molecule has 14 heavy (non-hydrogen) atoms. The van der Waals surface area contributed by atoms with Crippen molar-refractivity contribution in [3.05, 3.63) is 28.6 Å². The van der Waals surface area contributed by atoms with E-state index in [1.807, 2.05) is 25.1 Å². The van der Waals surface area contributed by atoms with Crippen LogP contribution in [0.4, 0.5) is 5.69 Å². The van der Waals surface area contributed by atoms with Crippen molar-refractivity contribution in [2.24, 2.45) is 5.73 Å². The van der Waals surface area contributed by atoms with E-state index in [-0.39, 0.29) is 0 Å². The van der Waals surface area contributed by atoms with Crippen molar-refractivity contribution in [1.29, 1.82) is 0 Å². The van der Waals surface area contributed by atoms with Gasteiger partial charge in [0.2, 0.25) is 0 Å². The van der Waals surface area contributed by atoms with Crippen LogP contribution < -0.4 is 11.5 Å². The third-order valence-electron chi connectivity index (χ3n) is 2.11. The Morgan fingerprint density at radius 1 is 1.43 bits per heavy atom. The minimum absolute atomic E-state index is 0.450. The highest BCUT2D eigenvalue weighted by atomic mass is 32.1. The Morgan fingerprint density at radius 2 is 2.14 bits per heavy atom. The molecule has 0 bridgehead atoms. The van der Waals surface area contributed by atoms with Crippen LogP contribution in [0.3, 0.4) is 0 Å². The Hall–Kier alpha value is -1.55. The van der Waals surface area contributed by atoms with E-state index in [0.29, 0.717) is 10.6 Å². The predicted molar refractivity (Wildman–Crippen MR) is 59.5 cm³/mol. The number of nitrogens with two attached hydrogens (primary N) is 2. The van der Waals surface area contributed by atoms with E-state index in [4.69, 9.17) is 11.5 Å². The van der Waals surface area contributed by atoms with Gasteiger partial charge in [0.15, 0.2) is 0 Å². The van der Waals surface area contributed by atoms with E-state index in [9.17, 15) is 4.79 Å². The molecule has 3 nitrogen and oxygen atoms in total. The van der Waals surface area contributed by atoms with Gasteiger partial charge < -0.3 is 11.5 Å². The molecule has 72 valence electrons. The lowest BCUT2D eigenvalue weighted by atomic mass is 10.1. The molecule has 1 heterocycles. The number of carbonyl (C=O) groups excluding carboxylic acids is 1. The number of thiophene rings is 1. The maximum Gasteiger partial charge on any atom is 0.260 e. The van der Waals surface area contributed by atoms with Gasteiger partial charge in [-0.05, 0) is 19.1 Å². The number of primary amides is 1. The zero-order valence-electron chi connectivity index (χ0n) is 7.70. The van der Waals surface area contributed by atoms with Crippen molar-refractivity contribution in [2.75, 3.05) is 5.73 Å². The normalized spacial score (nSPS) is 10.6. The summed E-state index contributed by atoms with van der Waals surface area (Å²) in [7, 11) is 0. The van der Waals surface area contributed by atoms with E-state index in [2.05, 4.69) is 0 Å². The number of anilines is 1. The smallest absolute Gasteiger partial charge is 0.260 e. The number of benzene rings is 1. The van der Waals surface area contributed by atoms with Crippen LogP contribution in [0, 0.1) is 6.92 Å². The van der Waals surface area contributed by atoms with Gasteiger partial charge in [0.05, 0.1) is 5.69 Å². The van der Waals surface area contributed by atoms with E-state index in [1.54, 1.807) is 0 Å². The quantitative estimate of drug-likeness (QED) is 0.748. The van der Waals surface area contributed by atoms with Gasteiger partial charge in [0.25, 0.3) is 5.91 Å². The molecule has 0 spiro atoms. The minimum atomic E-state index is -0.457. The summed E-state index contributed by atoms with van der Waals surface area (Å²) >= 11 is 1.34. The van der Waals surface area contributed by atoms with E-state index in [0.717, 1.165) is 15.6 Å². The molecule has 0 aliphatic heterocycles. The molecule has 2 aromatic rings. The molecule has 0 saturated carbocycles. The zero-order valence-corrected chi connectivity index (χ0v) is 8.52. The molecule has 2 rings (SSSR count). The number of rotatable bonds is 1. The van der Waals surface area contributed by atoms with Gasteiger partial charge in [0.1, 0.15) is 4.88 Å². The lowest BCUT2D eigenvalue weighted by Crippen LogP contribution is -2.10. The Kier molecular flexibility index (Phi) is 1.93. The van der Waals surface area contributed by atoms with Crippen molar-refractivity contribution in [2.45, 2.75) is 6.92 Å². The van der Waals surface area contributed by atoms with Gasteiger partial charge >= 0.3 is 0 Å². The van der Waals surface area contributed by atoms with Gasteiger partial charge in [-0.2, -0.15) is 0 Å². The second-order valence-corrected chi connectivity index (χ2v) is 4.26. The van der Waals surface area contributed by atoms with Gasteiger partial charge in [-0.3, -0.25) is 4.79 Å². The fraction of sp³-hybridized carbons (Fsp3) is 0.100. The van der Waals surface area contributed by atoms with Gasteiger partial charge in [-0.15, -0.1) is 11.3 Å². The van der Waals surface area contributed by atoms with Crippen LogP contribution in [0.25, 0.3) is 10.1 Å². The fourth-order valence-corrected chi connectivity index (χ4v) is 2.37. The molecule has 1 amide bonds. The van der Waals surface area contributed by atoms with Crippen molar-refractivity contribution < 1.29 is 4.79 Å². The molecule has 0 radical (unpaired) electrons. The first-order chi connectivity index (χ1) is 6.59. The van der Waals surface area contributed by atoms with Crippen molar-refractivity contribution in [3.63, 3.8) is 0 Å². The van der Waals surface area contributed by atoms with E-state index < -0.39 is 5.91 Å². The Labute approximate surface area is 85.3 Å². The highest BCUT2D eigenvalue weighted by Gasteiger charge is 2.13. The summed E-state index contributed by atoms with van der Waals surface area (Å²) in [5, 5.41) is 0.920. The largest absolute Gasteiger partial charge is 0.397 e. The van der Waals surface area contributed by atoms with Crippen LogP contribution >= 0.6 is 11.3 Å². The summed E-state index contributed by atoms with van der Waals surface area (Å²) in [6.07, 6.45) is 0. The summed E-state index contributed by atoms with van der Waals surface area (Å²) in [5.74, 6) is -0.457. The monoisotopic (exact) mass is 206 g/mol. The Balaban J connectivity index is 2.80. The van der Waals surface area contributed by atoms with Gasteiger partial charge in [-0.1, -0.05) is 11.6 Å². The third-order valence-corrected chi connectivity index (χ3v) is 3.31. The average Bonchev–Trinajstić information content (AvgIpc) is 2.44. The molecule has 4 heteroatoms. The first kappa shape index (κ1) is 9.02. The van der Waals surface area contributed by atoms with Gasteiger partial charge in [-0.25, -0.2) is 0 Å². The Bertz CT molecular complexity index is 516. The number of fused-ring (bicyclic) bond motifs is 1. The van der Waals surface area contributed by atoms with Crippen LogP contribution in [0.15, 0.2) is 18.2 Å². The number of hydrogen-bond acceptors (Lipinski definition) is 3. The first-order valence-electron chi connectivity index (χ1n) is 4.18. The number of hydrogen-bond donors (Lipinski definition) is 2. The highest BCUT2D eigenvalue weighted by molar-refractivity contribution is 7.21. The topological polar surface area (TPSA) is 69.1 Å². The lowest BCUT2D eigenvalue weighted by Gasteiger charge is -1.94. The van der Waals surface area contributed by atoms with Gasteiger partial charge in [0, 0.05) is 10.1 Å². The minimum Gasteiger partial charge on any atom is -0.397 e. The zero-order chi connectivity index (χ0) is 10.3. The summed E-state index contributed by atoms with van der Waals surface area (Å²) in [5.41, 5.74) is 12.7. The van der Waals surface area contributed by atoms with Crippen LogP contribution in [0.2, 0.25) is 0 Å². The average molecular weight is 206 g/mol. The molecule has 0 saturated heterocycles. The predicted octanol–water partition coefficient (Wildman–Crippen LogP) is 1.89.